The average Bonchev–Trinajstić information content (AvgIpc) is 3.40. The topological polar surface area (TPSA) is 29.5 Å². The van der Waals surface area contributed by atoms with E-state index in [2.05, 4.69) is 0 Å². The Balaban J connectivity index is 1.83. The fraction of sp³-hybridized carbons (Fsp3) is 0.368. The van der Waals surface area contributed by atoms with Gasteiger partial charge in [-0.25, -0.2) is 8.78 Å². The summed E-state index contributed by atoms with van der Waals surface area (Å²) in [7, 11) is 0. The summed E-state index contributed by atoms with van der Waals surface area (Å²) in [5.41, 5.74) is 2.54. The minimum atomic E-state index is -0.763. The number of ether oxygens (including phenoxy) is 1. The van der Waals surface area contributed by atoms with E-state index >= 15 is 0 Å². The fourth-order valence-electron chi connectivity index (χ4n) is 3.29. The summed E-state index contributed by atoms with van der Waals surface area (Å²) in [6, 6.07) is 6.90. The van der Waals surface area contributed by atoms with Crippen molar-refractivity contribution in [1.29, 1.82) is 0 Å². The lowest BCUT2D eigenvalue weighted by atomic mass is 9.91. The number of benzene rings is 2. The van der Waals surface area contributed by atoms with Crippen LogP contribution in [0.2, 0.25) is 0 Å². The Bertz CT molecular complexity index is 781. The van der Waals surface area contributed by atoms with Crippen molar-refractivity contribution in [2.24, 2.45) is 5.92 Å². The van der Waals surface area contributed by atoms with Crippen molar-refractivity contribution in [3.63, 3.8) is 0 Å². The number of hydrogen-bond acceptors (Lipinski definition) is 2. The highest BCUT2D eigenvalue weighted by molar-refractivity contribution is 5.76. The Morgan fingerprint density at radius 3 is 2.57 bits per heavy atom. The van der Waals surface area contributed by atoms with Crippen LogP contribution in [0, 0.1) is 17.6 Å². The maximum absolute atomic E-state index is 14.8. The second-order valence-corrected chi connectivity index (χ2v) is 6.33. The average molecular weight is 316 g/mol. The van der Waals surface area contributed by atoms with E-state index in [-0.39, 0.29) is 24.1 Å². The predicted octanol–water partition coefficient (Wildman–Crippen LogP) is 4.53. The van der Waals surface area contributed by atoms with Crippen LogP contribution in [0.3, 0.4) is 0 Å². The molecule has 1 saturated carbocycles. The van der Waals surface area contributed by atoms with Gasteiger partial charge in [-0.05, 0) is 36.3 Å². The minimum Gasteiger partial charge on any atom is -0.485 e. The third-order valence-electron chi connectivity index (χ3n) is 4.87. The van der Waals surface area contributed by atoms with Crippen LogP contribution in [-0.4, -0.2) is 5.11 Å². The molecule has 0 saturated heterocycles. The minimum absolute atomic E-state index is 0.0104. The zero-order chi connectivity index (χ0) is 16.1. The molecule has 120 valence electrons. The molecule has 1 N–H and O–H groups in total. The highest BCUT2D eigenvalue weighted by Gasteiger charge is 2.34. The van der Waals surface area contributed by atoms with E-state index < -0.39 is 11.9 Å². The molecule has 2 aromatic carbocycles. The first-order valence-electron chi connectivity index (χ1n) is 8.05. The number of halogens is 2. The molecule has 1 heterocycles. The van der Waals surface area contributed by atoms with Gasteiger partial charge >= 0.3 is 0 Å². The van der Waals surface area contributed by atoms with Crippen molar-refractivity contribution in [3.05, 3.63) is 52.6 Å². The first kappa shape index (κ1) is 14.6. The largest absolute Gasteiger partial charge is 0.485 e. The van der Waals surface area contributed by atoms with E-state index in [0.29, 0.717) is 34.2 Å². The van der Waals surface area contributed by atoms with E-state index in [9.17, 15) is 13.9 Å². The molecule has 2 aromatic rings. The Morgan fingerprint density at radius 1 is 1.13 bits per heavy atom. The first-order chi connectivity index (χ1) is 11.1. The lowest BCUT2D eigenvalue weighted by Gasteiger charge is -2.24. The molecule has 2 aliphatic rings. The van der Waals surface area contributed by atoms with Crippen LogP contribution in [0.5, 0.6) is 5.75 Å². The maximum Gasteiger partial charge on any atom is 0.168 e. The van der Waals surface area contributed by atoms with E-state index in [1.807, 2.05) is 6.92 Å². The van der Waals surface area contributed by atoms with Gasteiger partial charge in [-0.1, -0.05) is 31.2 Å². The maximum atomic E-state index is 14.8. The quantitative estimate of drug-likeness (QED) is 0.901. The van der Waals surface area contributed by atoms with Crippen LogP contribution in [-0.2, 0) is 13.0 Å². The van der Waals surface area contributed by atoms with Crippen LogP contribution in [0.25, 0.3) is 11.1 Å². The second kappa shape index (κ2) is 5.31. The van der Waals surface area contributed by atoms with Gasteiger partial charge in [0.1, 0.15) is 12.4 Å². The van der Waals surface area contributed by atoms with Crippen LogP contribution in [0.15, 0.2) is 24.3 Å². The molecular weight excluding hydrogens is 298 g/mol. The number of aliphatic hydroxyl groups is 1. The molecule has 1 atom stereocenters. The van der Waals surface area contributed by atoms with Crippen molar-refractivity contribution >= 4 is 0 Å². The standard InChI is InChI=1S/C19H18F2O2/c1-2-10-5-6-13-12-7-8-14(18(22)11-3-4-11)17(21)15(12)9-23-19(13)16(10)20/h5-8,11,18,22H,2-4,9H2,1H3. The van der Waals surface area contributed by atoms with Gasteiger partial charge in [0.05, 0.1) is 6.10 Å². The number of aliphatic hydroxyl groups excluding tert-OH is 1. The number of aryl methyl sites for hydroxylation is 1. The van der Waals surface area contributed by atoms with Gasteiger partial charge in [0, 0.05) is 16.7 Å². The SMILES string of the molecule is CCc1ccc2c(c1F)OCc1c-2ccc(C(O)C2CC2)c1F. The Hall–Kier alpha value is -1.94. The predicted molar refractivity (Wildman–Crippen MR) is 83.2 cm³/mol. The monoisotopic (exact) mass is 316 g/mol. The van der Waals surface area contributed by atoms with Crippen molar-refractivity contribution in [3.8, 4) is 16.9 Å². The summed E-state index contributed by atoms with van der Waals surface area (Å²) < 4.78 is 34.7. The summed E-state index contributed by atoms with van der Waals surface area (Å²) in [5, 5.41) is 10.2. The zero-order valence-corrected chi connectivity index (χ0v) is 12.9. The van der Waals surface area contributed by atoms with Crippen molar-refractivity contribution in [1.82, 2.24) is 0 Å². The van der Waals surface area contributed by atoms with Gasteiger partial charge in [-0.15, -0.1) is 0 Å². The summed E-state index contributed by atoms with van der Waals surface area (Å²) >= 11 is 0. The molecule has 0 bridgehead atoms. The molecular formula is C19H18F2O2. The molecule has 0 amide bonds. The van der Waals surface area contributed by atoms with E-state index in [1.165, 1.54) is 0 Å². The highest BCUT2D eigenvalue weighted by atomic mass is 19.1. The molecule has 1 aliphatic carbocycles. The van der Waals surface area contributed by atoms with Gasteiger partial charge in [-0.2, -0.15) is 0 Å². The molecule has 4 rings (SSSR count). The summed E-state index contributed by atoms with van der Waals surface area (Å²) in [5.74, 6) is -0.429. The van der Waals surface area contributed by atoms with Crippen molar-refractivity contribution in [2.75, 3.05) is 0 Å². The van der Waals surface area contributed by atoms with E-state index in [1.54, 1.807) is 24.3 Å². The van der Waals surface area contributed by atoms with Gasteiger partial charge in [0.15, 0.2) is 11.6 Å². The Kier molecular flexibility index (Phi) is 3.38. The lowest BCUT2D eigenvalue weighted by Crippen LogP contribution is -2.13. The molecule has 1 unspecified atom stereocenters. The van der Waals surface area contributed by atoms with E-state index in [0.717, 1.165) is 12.8 Å². The molecule has 0 radical (unpaired) electrons. The Labute approximate surface area is 133 Å². The molecule has 1 fully saturated rings. The highest BCUT2D eigenvalue weighted by Crippen LogP contribution is 2.45. The smallest absolute Gasteiger partial charge is 0.168 e. The summed E-state index contributed by atoms with van der Waals surface area (Å²) in [6.07, 6.45) is 1.68. The first-order valence-corrected chi connectivity index (χ1v) is 8.05. The van der Waals surface area contributed by atoms with Crippen LogP contribution in [0.1, 0.15) is 42.6 Å². The van der Waals surface area contributed by atoms with Gasteiger partial charge < -0.3 is 9.84 Å². The Morgan fingerprint density at radius 2 is 1.87 bits per heavy atom. The normalized spacial score (nSPS) is 17.2. The molecule has 23 heavy (non-hydrogen) atoms. The van der Waals surface area contributed by atoms with Gasteiger partial charge in [-0.3, -0.25) is 0 Å². The van der Waals surface area contributed by atoms with Gasteiger partial charge in [0.25, 0.3) is 0 Å². The van der Waals surface area contributed by atoms with Crippen LogP contribution >= 0.6 is 0 Å². The molecule has 0 aromatic heterocycles. The lowest BCUT2D eigenvalue weighted by molar-refractivity contribution is 0.148. The fourth-order valence-corrected chi connectivity index (χ4v) is 3.29. The molecule has 1 aliphatic heterocycles. The molecule has 0 spiro atoms. The van der Waals surface area contributed by atoms with Crippen molar-refractivity contribution in [2.45, 2.75) is 38.9 Å². The summed E-state index contributed by atoms with van der Waals surface area (Å²) in [6.45, 7) is 1.87. The number of rotatable bonds is 3. The number of fused-ring (bicyclic) bond motifs is 3. The number of hydrogen-bond donors (Lipinski definition) is 1. The third kappa shape index (κ3) is 2.24. The summed E-state index contributed by atoms with van der Waals surface area (Å²) in [4.78, 5) is 0. The molecule has 2 nitrogen and oxygen atoms in total. The molecule has 4 heteroatoms. The zero-order valence-electron chi connectivity index (χ0n) is 12.9. The van der Waals surface area contributed by atoms with E-state index in [4.69, 9.17) is 4.74 Å². The van der Waals surface area contributed by atoms with Gasteiger partial charge in [0.2, 0.25) is 0 Å². The third-order valence-corrected chi connectivity index (χ3v) is 4.87. The second-order valence-electron chi connectivity index (χ2n) is 6.33. The van der Waals surface area contributed by atoms with Crippen molar-refractivity contribution < 1.29 is 18.6 Å². The van der Waals surface area contributed by atoms with Crippen LogP contribution < -0.4 is 4.74 Å². The van der Waals surface area contributed by atoms with Crippen LogP contribution in [0.4, 0.5) is 8.78 Å².